The minimum absolute atomic E-state index is 0.0438. The maximum absolute atomic E-state index is 13.8. The van der Waals surface area contributed by atoms with Crippen LogP contribution in [0.2, 0.25) is 0 Å². The van der Waals surface area contributed by atoms with Crippen LogP contribution in [-0.4, -0.2) is 98.9 Å². The van der Waals surface area contributed by atoms with E-state index in [1.165, 1.54) is 9.13 Å². The normalized spacial score (nSPS) is 19.1. The van der Waals surface area contributed by atoms with Gasteiger partial charge in [0.2, 0.25) is 23.6 Å². The van der Waals surface area contributed by atoms with Gasteiger partial charge in [-0.05, 0) is 98.7 Å². The van der Waals surface area contributed by atoms with Crippen molar-refractivity contribution in [2.45, 2.75) is 109 Å². The maximum atomic E-state index is 13.8. The summed E-state index contributed by atoms with van der Waals surface area (Å²) in [6.45, 7) is 4.69. The van der Waals surface area contributed by atoms with E-state index in [0.29, 0.717) is 63.3 Å². The van der Waals surface area contributed by atoms with Crippen molar-refractivity contribution >= 4 is 52.1 Å². The van der Waals surface area contributed by atoms with Gasteiger partial charge in [-0.25, -0.2) is 9.59 Å². The Morgan fingerprint density at radius 2 is 1.61 bits per heavy atom. The van der Waals surface area contributed by atoms with Gasteiger partial charge in [-0.2, -0.15) is 0 Å². The second-order valence-corrected chi connectivity index (χ2v) is 17.3. The number of aryl methyl sites for hydroxylation is 4. The largest absolute Gasteiger partial charge is 0.465 e. The zero-order valence-corrected chi connectivity index (χ0v) is 37.4. The van der Waals surface area contributed by atoms with Crippen molar-refractivity contribution in [2.75, 3.05) is 26.4 Å². The van der Waals surface area contributed by atoms with Crippen molar-refractivity contribution < 1.29 is 48.1 Å². The molecule has 0 bridgehead atoms. The fraction of sp³-hybridized carbons (Fsp3) is 0.479. The van der Waals surface area contributed by atoms with Gasteiger partial charge in [-0.15, -0.1) is 0 Å². The molecule has 66 heavy (non-hydrogen) atoms. The fourth-order valence-electron chi connectivity index (χ4n) is 9.04. The van der Waals surface area contributed by atoms with Gasteiger partial charge in [0.1, 0.15) is 6.04 Å². The van der Waals surface area contributed by atoms with Crippen molar-refractivity contribution in [3.63, 3.8) is 0 Å². The van der Waals surface area contributed by atoms with Crippen molar-refractivity contribution in [1.29, 1.82) is 0 Å². The molecule has 0 radical (unpaired) electrons. The number of carboxylic acid groups (broad SMARTS) is 1. The molecule has 2 aromatic heterocycles. The van der Waals surface area contributed by atoms with Crippen LogP contribution in [0.5, 0.6) is 0 Å². The number of aromatic nitrogens is 3. The zero-order chi connectivity index (χ0) is 46.9. The number of nitrogens with two attached hydrogens (primary N) is 1. The number of primary amides is 1. The summed E-state index contributed by atoms with van der Waals surface area (Å²) < 4.78 is 22.8. The highest BCUT2D eigenvalue weighted by Gasteiger charge is 2.37. The summed E-state index contributed by atoms with van der Waals surface area (Å²) in [6.07, 6.45) is 6.41. The Kier molecular flexibility index (Phi) is 15.7. The Balaban J connectivity index is 0.797. The number of nitrogens with zero attached hydrogens (tertiary/aromatic N) is 3. The molecule has 6 N–H and O–H groups in total. The molecule has 18 nitrogen and oxygen atoms in total. The molecule has 7 rings (SSSR count). The minimum atomic E-state index is -1.28. The number of ether oxygens (including phenoxy) is 3. The second kappa shape index (κ2) is 21.7. The van der Waals surface area contributed by atoms with Gasteiger partial charge in [0.25, 0.3) is 0 Å². The number of carbonyl (C=O) groups excluding carboxylic acids is 5. The van der Waals surface area contributed by atoms with E-state index in [-0.39, 0.29) is 49.2 Å². The summed E-state index contributed by atoms with van der Waals surface area (Å²) in [5.74, 6) is -2.65. The van der Waals surface area contributed by atoms with Gasteiger partial charge in [0.05, 0.1) is 60.7 Å². The number of nitrogens with one attached hydrogen (secondary N) is 3. The number of ketones is 1. The molecule has 1 saturated heterocycles. The lowest BCUT2D eigenvalue weighted by Crippen LogP contribution is -2.46. The molecule has 352 valence electrons. The Morgan fingerprint density at radius 1 is 0.909 bits per heavy atom. The van der Waals surface area contributed by atoms with Crippen molar-refractivity contribution in [3.05, 3.63) is 99.2 Å². The Labute approximate surface area is 381 Å². The summed E-state index contributed by atoms with van der Waals surface area (Å²) in [5.41, 5.74) is 11.6. The summed E-state index contributed by atoms with van der Waals surface area (Å²) in [7, 11) is 1.69. The Bertz CT molecular complexity index is 2540. The average Bonchev–Trinajstić information content (AvgIpc) is 3.78. The molecule has 2 aliphatic heterocycles. The second-order valence-electron chi connectivity index (χ2n) is 17.3. The lowest BCUT2D eigenvalue weighted by Gasteiger charge is -2.28. The van der Waals surface area contributed by atoms with E-state index >= 15 is 0 Å². The molecule has 0 saturated carbocycles. The van der Waals surface area contributed by atoms with Crippen molar-refractivity contribution in [1.82, 2.24) is 29.7 Å². The Morgan fingerprint density at radius 3 is 2.30 bits per heavy atom. The zero-order valence-electron chi connectivity index (χ0n) is 37.4. The predicted molar refractivity (Wildman–Crippen MR) is 242 cm³/mol. The molecule has 5 atom stereocenters. The molecule has 4 aromatic rings. The monoisotopic (exact) mass is 909 g/mol. The third kappa shape index (κ3) is 11.5. The van der Waals surface area contributed by atoms with E-state index < -0.39 is 48.1 Å². The summed E-state index contributed by atoms with van der Waals surface area (Å²) >= 11 is 0. The highest BCUT2D eigenvalue weighted by atomic mass is 16.5. The van der Waals surface area contributed by atoms with E-state index in [1.54, 1.807) is 13.1 Å². The molecule has 18 heteroatoms. The highest BCUT2D eigenvalue weighted by Crippen LogP contribution is 2.35. The van der Waals surface area contributed by atoms with E-state index in [2.05, 4.69) is 16.0 Å². The molecule has 1 aliphatic carbocycles. The number of fused-ring (bicyclic) bond motifs is 1. The minimum Gasteiger partial charge on any atom is -0.465 e. The summed E-state index contributed by atoms with van der Waals surface area (Å²) in [4.78, 5) is 87.5. The van der Waals surface area contributed by atoms with Gasteiger partial charge in [0.15, 0.2) is 5.78 Å². The van der Waals surface area contributed by atoms with Gasteiger partial charge >= 0.3 is 11.8 Å². The average molecular weight is 910 g/mol. The van der Waals surface area contributed by atoms with Crippen LogP contribution in [0.3, 0.4) is 0 Å². The third-order valence-corrected chi connectivity index (χ3v) is 12.7. The smallest absolute Gasteiger partial charge is 0.405 e. The van der Waals surface area contributed by atoms with Gasteiger partial charge in [-0.1, -0.05) is 36.4 Å². The van der Waals surface area contributed by atoms with Gasteiger partial charge in [-0.3, -0.25) is 38.4 Å². The van der Waals surface area contributed by atoms with E-state index in [9.17, 15) is 38.7 Å². The fourth-order valence-corrected chi connectivity index (χ4v) is 9.04. The van der Waals surface area contributed by atoms with Crippen LogP contribution in [-0.2, 0) is 77.6 Å². The SMILES string of the molecule is CC(OCc1ccc(CCCOCCOCCCc2ccc3c(c2)n(C)c(=O)n3C2CCC(=O)NC2=O)cc1)C(CCC(N)=O)NC(=O)[C@@H]1C=C2C(=O)[C@@H](NC(=O)O)CCn3ccc(c32)C1. The Hall–Kier alpha value is -6.37. The standard InChI is InChI=1S/C48H59N7O11/c1-29(36(12-15-41(49)56)50-45(59)34-26-33-17-19-54-20-18-37(51-47(61)62)44(58)35(27-34)43(33)54)66-28-32-9-7-30(8-10-32)5-3-21-64-23-24-65-22-4-6-31-11-13-38-40(25-31)53(2)48(63)55(38)39-14-16-42(57)52-46(39)60/h7-11,13,17,19,25,27,29,34,36-37,39,51H,3-6,12,14-16,18,20-24,26,28H2,1-2H3,(H2,49,56)(H,50,59)(H,61,62)(H,52,57,60)/t29?,34-,36?,37-,39?/m0/s1. The first-order chi connectivity index (χ1) is 31.8. The van der Waals surface area contributed by atoms with Crippen LogP contribution in [0.1, 0.15) is 85.9 Å². The van der Waals surface area contributed by atoms with Crippen LogP contribution in [0.25, 0.3) is 16.6 Å². The number of amides is 5. The van der Waals surface area contributed by atoms with Crippen LogP contribution in [0, 0.1) is 5.92 Å². The van der Waals surface area contributed by atoms with E-state index in [0.717, 1.165) is 59.1 Å². The number of Topliss-reactive ketones (excluding diaryl/α,β-unsaturated/α-hetero) is 1. The summed E-state index contributed by atoms with van der Waals surface area (Å²) in [6, 6.07) is 13.6. The van der Waals surface area contributed by atoms with Crippen LogP contribution >= 0.6 is 0 Å². The predicted octanol–water partition coefficient (Wildman–Crippen LogP) is 3.24. The number of piperidine rings is 1. The molecule has 0 spiro atoms. The van der Waals surface area contributed by atoms with Crippen LogP contribution < -0.4 is 27.4 Å². The number of benzene rings is 2. The summed E-state index contributed by atoms with van der Waals surface area (Å²) in [5, 5.41) is 17.0. The number of rotatable bonds is 22. The molecule has 1 fully saturated rings. The maximum Gasteiger partial charge on any atom is 0.405 e. The first-order valence-electron chi connectivity index (χ1n) is 22.7. The lowest BCUT2D eigenvalue weighted by atomic mass is 9.85. The number of imide groups is 1. The highest BCUT2D eigenvalue weighted by molar-refractivity contribution is 6.24. The molecule has 2 aromatic carbocycles. The first kappa shape index (κ1) is 47.6. The third-order valence-electron chi connectivity index (χ3n) is 12.7. The van der Waals surface area contributed by atoms with Gasteiger partial charge < -0.3 is 40.3 Å². The number of hydrogen-bond acceptors (Lipinski definition) is 10. The topological polar surface area (TPSA) is 244 Å². The molecular formula is C48H59N7O11. The molecule has 3 unspecified atom stereocenters. The molecule has 5 amide bonds. The molecule has 3 aliphatic rings. The van der Waals surface area contributed by atoms with Crippen LogP contribution in [0.4, 0.5) is 4.79 Å². The van der Waals surface area contributed by atoms with E-state index in [4.69, 9.17) is 19.9 Å². The molecular weight excluding hydrogens is 851 g/mol. The van der Waals surface area contributed by atoms with Crippen molar-refractivity contribution in [3.8, 4) is 0 Å². The first-order valence-corrected chi connectivity index (χ1v) is 22.7. The van der Waals surface area contributed by atoms with Crippen LogP contribution in [0.15, 0.2) is 65.6 Å². The number of carbonyl (C=O) groups is 6. The van der Waals surface area contributed by atoms with Crippen molar-refractivity contribution in [2.24, 2.45) is 18.7 Å². The van der Waals surface area contributed by atoms with Gasteiger partial charge in [0, 0.05) is 51.4 Å². The number of hydrogen-bond donors (Lipinski definition) is 5. The van der Waals surface area contributed by atoms with E-state index in [1.807, 2.05) is 66.2 Å². The molecule has 4 heterocycles. The number of imidazole rings is 1. The quantitative estimate of drug-likeness (QED) is 0.0566. The lowest BCUT2D eigenvalue weighted by molar-refractivity contribution is -0.135.